The molecule has 2 rings (SSSR count). The van der Waals surface area contributed by atoms with Crippen molar-refractivity contribution in [2.24, 2.45) is 5.73 Å². The summed E-state index contributed by atoms with van der Waals surface area (Å²) in [4.78, 5) is 7.99. The average Bonchev–Trinajstić information content (AvgIpc) is 2.38. The molecule has 0 aliphatic carbocycles. The molecule has 0 unspecified atom stereocenters. The van der Waals surface area contributed by atoms with Gasteiger partial charge in [-0.2, -0.15) is 0 Å². The fourth-order valence-corrected chi connectivity index (χ4v) is 1.78. The lowest BCUT2D eigenvalue weighted by molar-refractivity contribution is 0.291. The highest BCUT2D eigenvalue weighted by molar-refractivity contribution is 9.10. The Hall–Kier alpha value is -1.95. The van der Waals surface area contributed by atoms with Gasteiger partial charge in [0.05, 0.1) is 0 Å². The van der Waals surface area contributed by atoms with Crippen LogP contribution in [0.5, 0.6) is 5.88 Å². The van der Waals surface area contributed by atoms with Crippen LogP contribution < -0.4 is 10.5 Å². The van der Waals surface area contributed by atoms with Gasteiger partial charge in [-0.1, -0.05) is 34.1 Å². The van der Waals surface area contributed by atoms with E-state index in [-0.39, 0.29) is 17.4 Å². The van der Waals surface area contributed by atoms with Crippen LogP contribution in [0.1, 0.15) is 11.3 Å². The molecule has 2 aromatic rings. The smallest absolute Gasteiger partial charge is 0.244 e. The van der Waals surface area contributed by atoms with Gasteiger partial charge in [0.25, 0.3) is 0 Å². The predicted molar refractivity (Wildman–Crippen MR) is 71.5 cm³/mol. The van der Waals surface area contributed by atoms with Crippen LogP contribution in [0.3, 0.4) is 0 Å². The van der Waals surface area contributed by atoms with Crippen molar-refractivity contribution >= 4 is 21.8 Å². The van der Waals surface area contributed by atoms with Crippen molar-refractivity contribution in [1.82, 2.24) is 9.97 Å². The maximum atomic E-state index is 7.39. The molecule has 0 saturated heterocycles. The van der Waals surface area contributed by atoms with Crippen molar-refractivity contribution in [1.29, 1.82) is 5.41 Å². The SMILES string of the molecule is N=C(N)c1nccnc1OCc1ccccc1Br. The van der Waals surface area contributed by atoms with Gasteiger partial charge >= 0.3 is 0 Å². The van der Waals surface area contributed by atoms with Crippen molar-refractivity contribution in [2.75, 3.05) is 0 Å². The summed E-state index contributed by atoms with van der Waals surface area (Å²) in [5.74, 6) is 0.103. The van der Waals surface area contributed by atoms with Gasteiger partial charge in [0.15, 0.2) is 5.69 Å². The zero-order valence-corrected chi connectivity index (χ0v) is 11.0. The molecule has 6 heteroatoms. The molecule has 0 aliphatic rings. The minimum absolute atomic E-state index is 0.162. The topological polar surface area (TPSA) is 84.9 Å². The molecule has 92 valence electrons. The fourth-order valence-electron chi connectivity index (χ4n) is 1.38. The maximum Gasteiger partial charge on any atom is 0.244 e. The molecule has 0 radical (unpaired) electrons. The molecule has 3 N–H and O–H groups in total. The van der Waals surface area contributed by atoms with Crippen LogP contribution in [0.4, 0.5) is 0 Å². The van der Waals surface area contributed by atoms with Crippen molar-refractivity contribution in [2.45, 2.75) is 6.61 Å². The molecule has 5 nitrogen and oxygen atoms in total. The summed E-state index contributed by atoms with van der Waals surface area (Å²) >= 11 is 3.43. The lowest BCUT2D eigenvalue weighted by Gasteiger charge is -2.09. The third-order valence-electron chi connectivity index (χ3n) is 2.24. The van der Waals surface area contributed by atoms with Crippen LogP contribution in [0.2, 0.25) is 0 Å². The zero-order valence-electron chi connectivity index (χ0n) is 9.43. The second-order valence-corrected chi connectivity index (χ2v) is 4.36. The standard InChI is InChI=1S/C12H11BrN4O/c13-9-4-2-1-3-8(9)7-18-12-10(11(14)15)16-5-6-17-12/h1-6H,7H2,(H3,14,15). The highest BCUT2D eigenvalue weighted by Gasteiger charge is 2.09. The highest BCUT2D eigenvalue weighted by Crippen LogP contribution is 2.19. The van der Waals surface area contributed by atoms with Crippen LogP contribution in [0.25, 0.3) is 0 Å². The Morgan fingerprint density at radius 3 is 2.72 bits per heavy atom. The second kappa shape index (κ2) is 5.59. The summed E-state index contributed by atoms with van der Waals surface area (Å²) in [6.45, 7) is 0.334. The van der Waals surface area contributed by atoms with Crippen LogP contribution in [-0.4, -0.2) is 15.8 Å². The Morgan fingerprint density at radius 2 is 2.00 bits per heavy atom. The van der Waals surface area contributed by atoms with Crippen LogP contribution >= 0.6 is 15.9 Å². The van der Waals surface area contributed by atoms with Crippen LogP contribution in [-0.2, 0) is 6.61 Å². The van der Waals surface area contributed by atoms with Crippen LogP contribution in [0, 0.1) is 5.41 Å². The number of amidine groups is 1. The van der Waals surface area contributed by atoms with Gasteiger partial charge in [-0.15, -0.1) is 0 Å². The number of rotatable bonds is 4. The number of nitrogen functional groups attached to an aromatic ring is 1. The van der Waals surface area contributed by atoms with Gasteiger partial charge in [-0.3, -0.25) is 5.41 Å². The van der Waals surface area contributed by atoms with E-state index >= 15 is 0 Å². The quantitative estimate of drug-likeness (QED) is 0.669. The van der Waals surface area contributed by atoms with Gasteiger partial charge in [0.1, 0.15) is 12.4 Å². The summed E-state index contributed by atoms with van der Waals surface area (Å²) in [6, 6.07) is 7.72. The molecule has 0 amide bonds. The van der Waals surface area contributed by atoms with E-state index in [9.17, 15) is 0 Å². The van der Waals surface area contributed by atoms with E-state index in [1.807, 2.05) is 24.3 Å². The molecule has 0 fully saturated rings. The van der Waals surface area contributed by atoms with Gasteiger partial charge in [0.2, 0.25) is 5.88 Å². The molecule has 0 bridgehead atoms. The lowest BCUT2D eigenvalue weighted by Crippen LogP contribution is -2.16. The second-order valence-electron chi connectivity index (χ2n) is 3.50. The fraction of sp³-hybridized carbons (Fsp3) is 0.0833. The number of hydrogen-bond donors (Lipinski definition) is 2. The molecule has 1 aromatic carbocycles. The van der Waals surface area contributed by atoms with Crippen molar-refractivity contribution in [3.05, 3.63) is 52.4 Å². The third kappa shape index (κ3) is 2.84. The lowest BCUT2D eigenvalue weighted by atomic mass is 10.2. The molecular formula is C12H11BrN4O. The molecule has 0 spiro atoms. The zero-order chi connectivity index (χ0) is 13.0. The van der Waals surface area contributed by atoms with E-state index in [0.29, 0.717) is 6.61 Å². The monoisotopic (exact) mass is 306 g/mol. The number of nitrogens with two attached hydrogens (primary N) is 1. The first-order valence-electron chi connectivity index (χ1n) is 5.20. The number of benzene rings is 1. The molecule has 18 heavy (non-hydrogen) atoms. The van der Waals surface area contributed by atoms with E-state index in [2.05, 4.69) is 25.9 Å². The first-order valence-corrected chi connectivity index (χ1v) is 5.99. The number of nitrogens with one attached hydrogen (secondary N) is 1. The van der Waals surface area contributed by atoms with Gasteiger partial charge in [-0.05, 0) is 6.07 Å². The average molecular weight is 307 g/mol. The Bertz CT molecular complexity index is 574. The predicted octanol–water partition coefficient (Wildman–Crippen LogP) is 2.10. The summed E-state index contributed by atoms with van der Waals surface area (Å²) < 4.78 is 6.50. The summed E-state index contributed by atoms with van der Waals surface area (Å²) in [7, 11) is 0. The molecule has 0 atom stereocenters. The third-order valence-corrected chi connectivity index (χ3v) is 3.02. The van der Waals surface area contributed by atoms with Gasteiger partial charge in [0, 0.05) is 22.4 Å². The number of ether oxygens (including phenoxy) is 1. The van der Waals surface area contributed by atoms with E-state index in [4.69, 9.17) is 15.9 Å². The van der Waals surface area contributed by atoms with E-state index in [0.717, 1.165) is 10.0 Å². The van der Waals surface area contributed by atoms with Gasteiger partial charge < -0.3 is 10.5 Å². The number of aromatic nitrogens is 2. The van der Waals surface area contributed by atoms with Crippen molar-refractivity contribution < 1.29 is 4.74 Å². The Balaban J connectivity index is 2.16. The number of hydrogen-bond acceptors (Lipinski definition) is 4. The normalized spacial score (nSPS) is 10.1. The van der Waals surface area contributed by atoms with Crippen molar-refractivity contribution in [3.8, 4) is 5.88 Å². The Kier molecular flexibility index (Phi) is 3.88. The summed E-state index contributed by atoms with van der Waals surface area (Å²) in [5.41, 5.74) is 6.64. The molecule has 1 aromatic heterocycles. The minimum atomic E-state index is -0.162. The highest BCUT2D eigenvalue weighted by atomic mass is 79.9. The first kappa shape index (κ1) is 12.5. The number of nitrogens with zero attached hydrogens (tertiary/aromatic N) is 2. The Labute approximate surface area is 113 Å². The molecular weight excluding hydrogens is 296 g/mol. The molecule has 0 aliphatic heterocycles. The molecule has 0 saturated carbocycles. The molecule has 1 heterocycles. The van der Waals surface area contributed by atoms with Crippen molar-refractivity contribution in [3.63, 3.8) is 0 Å². The van der Waals surface area contributed by atoms with Gasteiger partial charge in [-0.25, -0.2) is 9.97 Å². The number of halogens is 1. The largest absolute Gasteiger partial charge is 0.471 e. The van der Waals surface area contributed by atoms with E-state index in [1.54, 1.807) is 0 Å². The van der Waals surface area contributed by atoms with Crippen LogP contribution in [0.15, 0.2) is 41.1 Å². The summed E-state index contributed by atoms with van der Waals surface area (Å²) in [5, 5.41) is 7.39. The van der Waals surface area contributed by atoms with E-state index < -0.39 is 0 Å². The van der Waals surface area contributed by atoms with E-state index in [1.165, 1.54) is 12.4 Å². The maximum absolute atomic E-state index is 7.39. The summed E-state index contributed by atoms with van der Waals surface area (Å²) in [6.07, 6.45) is 2.98. The Morgan fingerprint density at radius 1 is 1.28 bits per heavy atom. The first-order chi connectivity index (χ1) is 8.68. The minimum Gasteiger partial charge on any atom is -0.471 e.